The highest BCUT2D eigenvalue weighted by Gasteiger charge is 2.11. The van der Waals surface area contributed by atoms with Crippen LogP contribution < -0.4 is 10.6 Å². The molecule has 0 fully saturated rings. The van der Waals surface area contributed by atoms with E-state index in [-0.39, 0.29) is 5.57 Å². The van der Waals surface area contributed by atoms with Crippen LogP contribution in [0.4, 0.5) is 11.4 Å². The van der Waals surface area contributed by atoms with Crippen molar-refractivity contribution in [3.63, 3.8) is 0 Å². The summed E-state index contributed by atoms with van der Waals surface area (Å²) >= 11 is 0. The molecule has 2 rings (SSSR count). The molecule has 0 aliphatic rings. The van der Waals surface area contributed by atoms with Gasteiger partial charge in [0.25, 0.3) is 5.91 Å². The molecule has 0 aliphatic carbocycles. The predicted octanol–water partition coefficient (Wildman–Crippen LogP) is 4.38. The van der Waals surface area contributed by atoms with Crippen molar-refractivity contribution >= 4 is 17.3 Å². The van der Waals surface area contributed by atoms with Gasteiger partial charge in [-0.3, -0.25) is 4.79 Å². The van der Waals surface area contributed by atoms with E-state index in [4.69, 9.17) is 0 Å². The minimum atomic E-state index is -0.427. The zero-order chi connectivity index (χ0) is 17.7. The molecule has 4 heteroatoms. The summed E-state index contributed by atoms with van der Waals surface area (Å²) in [5, 5.41) is 15.1. The van der Waals surface area contributed by atoms with Crippen molar-refractivity contribution < 1.29 is 4.79 Å². The molecule has 0 saturated heterocycles. The molecule has 0 unspecified atom stereocenters. The second-order valence-electron chi connectivity index (χ2n) is 5.76. The summed E-state index contributed by atoms with van der Waals surface area (Å²) in [4.78, 5) is 12.3. The number of aryl methyl sites for hydroxylation is 2. The molecule has 122 valence electrons. The van der Waals surface area contributed by atoms with Gasteiger partial charge < -0.3 is 10.6 Å². The number of nitrogens with one attached hydrogen (secondary N) is 2. The quantitative estimate of drug-likeness (QED) is 0.649. The number of anilines is 2. The lowest BCUT2D eigenvalue weighted by atomic mass is 10.1. The smallest absolute Gasteiger partial charge is 0.267 e. The van der Waals surface area contributed by atoms with Crippen molar-refractivity contribution in [1.82, 2.24) is 0 Å². The molecule has 0 radical (unpaired) electrons. The van der Waals surface area contributed by atoms with E-state index in [9.17, 15) is 10.1 Å². The predicted molar refractivity (Wildman–Crippen MR) is 97.8 cm³/mol. The van der Waals surface area contributed by atoms with Crippen molar-refractivity contribution in [3.05, 3.63) is 70.4 Å². The Morgan fingerprint density at radius 3 is 2.08 bits per heavy atom. The van der Waals surface area contributed by atoms with Gasteiger partial charge in [0, 0.05) is 17.6 Å². The van der Waals surface area contributed by atoms with E-state index in [0.717, 1.165) is 27.9 Å². The first-order valence-corrected chi connectivity index (χ1v) is 7.74. The molecule has 4 nitrogen and oxygen atoms in total. The lowest BCUT2D eigenvalue weighted by Gasteiger charge is -2.11. The number of hydrogen-bond donors (Lipinski definition) is 2. The molecule has 2 N–H and O–H groups in total. The summed E-state index contributed by atoms with van der Waals surface area (Å²) in [6.45, 7) is 7.93. The van der Waals surface area contributed by atoms with Gasteiger partial charge in [-0.15, -0.1) is 0 Å². The van der Waals surface area contributed by atoms with Crippen LogP contribution >= 0.6 is 0 Å². The van der Waals surface area contributed by atoms with Gasteiger partial charge in [-0.2, -0.15) is 5.26 Å². The van der Waals surface area contributed by atoms with E-state index >= 15 is 0 Å². The highest BCUT2D eigenvalue weighted by atomic mass is 16.1. The maximum absolute atomic E-state index is 12.3. The number of carbonyl (C=O) groups is 1. The van der Waals surface area contributed by atoms with Crippen molar-refractivity contribution in [2.24, 2.45) is 0 Å². The number of hydrogen-bond acceptors (Lipinski definition) is 3. The summed E-state index contributed by atoms with van der Waals surface area (Å²) in [7, 11) is 0. The molecular weight excluding hydrogens is 298 g/mol. The molecule has 0 saturated carbocycles. The summed E-state index contributed by atoms with van der Waals surface area (Å²) in [6, 6.07) is 13.5. The standard InChI is InChI=1S/C20H21N3O/c1-13-7-5-9-18(15(13)3)22-12-17(11-21)20(24)23-19-10-6-8-14(2)16(19)4/h5-10,12,22H,1-4H3,(H,23,24)/b17-12-. The molecule has 0 aromatic heterocycles. The maximum Gasteiger partial charge on any atom is 0.267 e. The van der Waals surface area contributed by atoms with Crippen LogP contribution in [0, 0.1) is 39.0 Å². The Morgan fingerprint density at radius 1 is 0.958 bits per heavy atom. The first kappa shape index (κ1) is 17.3. The van der Waals surface area contributed by atoms with E-state index in [2.05, 4.69) is 10.6 Å². The Morgan fingerprint density at radius 2 is 1.50 bits per heavy atom. The first-order chi connectivity index (χ1) is 11.4. The summed E-state index contributed by atoms with van der Waals surface area (Å²) in [5.41, 5.74) is 5.93. The van der Waals surface area contributed by atoms with Crippen LogP contribution in [0.25, 0.3) is 0 Å². The number of amides is 1. The number of nitrogens with zero attached hydrogens (tertiary/aromatic N) is 1. The van der Waals surface area contributed by atoms with E-state index < -0.39 is 5.91 Å². The second-order valence-corrected chi connectivity index (χ2v) is 5.76. The minimum absolute atomic E-state index is 0.0248. The molecule has 0 atom stereocenters. The van der Waals surface area contributed by atoms with Gasteiger partial charge in [-0.05, 0) is 62.1 Å². The van der Waals surface area contributed by atoms with Crippen LogP contribution in [-0.2, 0) is 4.79 Å². The minimum Gasteiger partial charge on any atom is -0.360 e. The van der Waals surface area contributed by atoms with E-state index in [1.807, 2.05) is 70.2 Å². The van der Waals surface area contributed by atoms with E-state index in [1.165, 1.54) is 6.20 Å². The Kier molecular flexibility index (Phi) is 5.39. The third-order valence-corrected chi connectivity index (χ3v) is 4.19. The first-order valence-electron chi connectivity index (χ1n) is 7.74. The lowest BCUT2D eigenvalue weighted by Crippen LogP contribution is -2.15. The molecule has 0 bridgehead atoms. The van der Waals surface area contributed by atoms with E-state index in [0.29, 0.717) is 5.69 Å². The van der Waals surface area contributed by atoms with Crippen LogP contribution in [0.1, 0.15) is 22.3 Å². The SMILES string of the molecule is Cc1cccc(N/C=C(/C#N)C(=O)Nc2cccc(C)c2C)c1C. The maximum atomic E-state index is 12.3. The van der Waals surface area contributed by atoms with Gasteiger partial charge in [0.1, 0.15) is 11.6 Å². The monoisotopic (exact) mass is 319 g/mol. The van der Waals surface area contributed by atoms with Crippen LogP contribution in [-0.4, -0.2) is 5.91 Å². The zero-order valence-corrected chi connectivity index (χ0v) is 14.4. The molecule has 1 amide bonds. The average molecular weight is 319 g/mol. The van der Waals surface area contributed by atoms with Crippen LogP contribution in [0.5, 0.6) is 0 Å². The van der Waals surface area contributed by atoms with Crippen LogP contribution in [0.2, 0.25) is 0 Å². The normalized spacial score (nSPS) is 10.9. The summed E-state index contributed by atoms with van der Waals surface area (Å²) < 4.78 is 0. The number of rotatable bonds is 4. The Labute approximate surface area is 142 Å². The fourth-order valence-corrected chi connectivity index (χ4v) is 2.28. The van der Waals surface area contributed by atoms with E-state index in [1.54, 1.807) is 0 Å². The van der Waals surface area contributed by atoms with Crippen LogP contribution in [0.15, 0.2) is 48.2 Å². The lowest BCUT2D eigenvalue weighted by molar-refractivity contribution is -0.112. The number of benzene rings is 2. The molecule has 2 aromatic rings. The highest BCUT2D eigenvalue weighted by molar-refractivity contribution is 6.07. The Hall–Kier alpha value is -3.06. The third-order valence-electron chi connectivity index (χ3n) is 4.19. The molecular formula is C20H21N3O. The molecule has 0 aliphatic heterocycles. The third kappa shape index (κ3) is 3.82. The Balaban J connectivity index is 2.18. The van der Waals surface area contributed by atoms with Crippen molar-refractivity contribution in [2.75, 3.05) is 10.6 Å². The summed E-state index contributed by atoms with van der Waals surface area (Å²) in [6.07, 6.45) is 1.45. The summed E-state index contributed by atoms with van der Waals surface area (Å²) in [5.74, 6) is -0.427. The molecule has 2 aromatic carbocycles. The van der Waals surface area contributed by atoms with Gasteiger partial charge >= 0.3 is 0 Å². The van der Waals surface area contributed by atoms with Gasteiger partial charge in [0.15, 0.2) is 0 Å². The van der Waals surface area contributed by atoms with Gasteiger partial charge in [0.05, 0.1) is 0 Å². The Bertz CT molecular complexity index is 844. The average Bonchev–Trinajstić information content (AvgIpc) is 2.56. The van der Waals surface area contributed by atoms with Gasteiger partial charge in [0.2, 0.25) is 0 Å². The van der Waals surface area contributed by atoms with Crippen molar-refractivity contribution in [1.29, 1.82) is 5.26 Å². The van der Waals surface area contributed by atoms with Crippen molar-refractivity contribution in [3.8, 4) is 6.07 Å². The molecule has 0 spiro atoms. The highest BCUT2D eigenvalue weighted by Crippen LogP contribution is 2.20. The second kappa shape index (κ2) is 7.47. The number of nitriles is 1. The molecule has 24 heavy (non-hydrogen) atoms. The fraction of sp³-hybridized carbons (Fsp3) is 0.200. The fourth-order valence-electron chi connectivity index (χ4n) is 2.28. The zero-order valence-electron chi connectivity index (χ0n) is 14.4. The number of carbonyl (C=O) groups excluding carboxylic acids is 1. The van der Waals surface area contributed by atoms with Crippen molar-refractivity contribution in [2.45, 2.75) is 27.7 Å². The largest absolute Gasteiger partial charge is 0.360 e. The van der Waals surface area contributed by atoms with Gasteiger partial charge in [-0.25, -0.2) is 0 Å². The van der Waals surface area contributed by atoms with Crippen LogP contribution in [0.3, 0.4) is 0 Å². The van der Waals surface area contributed by atoms with Gasteiger partial charge in [-0.1, -0.05) is 24.3 Å². The topological polar surface area (TPSA) is 64.9 Å². The molecule has 0 heterocycles.